The van der Waals surface area contributed by atoms with Crippen molar-refractivity contribution in [2.75, 3.05) is 45.7 Å². The van der Waals surface area contributed by atoms with Crippen molar-refractivity contribution in [3.05, 3.63) is 0 Å². The number of rotatable bonds is 10. The lowest BCUT2D eigenvalue weighted by molar-refractivity contribution is 0.325. The average molecular weight is 301 g/mol. The van der Waals surface area contributed by atoms with Crippen molar-refractivity contribution in [1.29, 1.82) is 0 Å². The number of hydrogen-bond acceptors (Lipinski definition) is 5. The van der Waals surface area contributed by atoms with Gasteiger partial charge >= 0.3 is 0 Å². The second kappa shape index (κ2) is 8.05. The largest absolute Gasteiger partial charge is 0.306 e. The number of hydrogen-bond donors (Lipinski definition) is 2. The molecule has 0 atom stereocenters. The second-order valence-corrected chi connectivity index (χ2v) is 8.01. The minimum atomic E-state index is -3.10. The molecule has 18 heavy (non-hydrogen) atoms. The zero-order valence-corrected chi connectivity index (χ0v) is 12.8. The van der Waals surface area contributed by atoms with Gasteiger partial charge in [-0.2, -0.15) is 0 Å². The third-order valence-electron chi connectivity index (χ3n) is 2.16. The van der Waals surface area contributed by atoms with E-state index in [9.17, 15) is 16.8 Å². The Morgan fingerprint density at radius 2 is 1.17 bits per heavy atom. The molecule has 0 rings (SSSR count). The van der Waals surface area contributed by atoms with Gasteiger partial charge in [-0.05, 0) is 33.0 Å². The van der Waals surface area contributed by atoms with Crippen LogP contribution in [0.4, 0.5) is 0 Å². The monoisotopic (exact) mass is 301 g/mol. The van der Waals surface area contributed by atoms with Crippen LogP contribution in [0.1, 0.15) is 12.8 Å². The zero-order chi connectivity index (χ0) is 14.2. The third-order valence-corrected chi connectivity index (χ3v) is 3.62. The number of nitrogens with zero attached hydrogens (tertiary/aromatic N) is 1. The normalized spacial score (nSPS) is 13.1. The molecular formula is C9H23N3O4S2. The fourth-order valence-electron chi connectivity index (χ4n) is 1.32. The molecule has 0 fully saturated rings. The van der Waals surface area contributed by atoms with E-state index in [4.69, 9.17) is 0 Å². The van der Waals surface area contributed by atoms with Crippen molar-refractivity contribution in [3.63, 3.8) is 0 Å². The van der Waals surface area contributed by atoms with Crippen LogP contribution in [0.3, 0.4) is 0 Å². The molecular weight excluding hydrogens is 278 g/mol. The van der Waals surface area contributed by atoms with E-state index in [1.807, 2.05) is 11.9 Å². The van der Waals surface area contributed by atoms with Crippen LogP contribution in [0.15, 0.2) is 0 Å². The lowest BCUT2D eigenvalue weighted by Crippen LogP contribution is -2.30. The Morgan fingerprint density at radius 3 is 1.44 bits per heavy atom. The maximum atomic E-state index is 10.8. The molecule has 0 aliphatic heterocycles. The molecule has 0 saturated carbocycles. The maximum absolute atomic E-state index is 10.8. The second-order valence-electron chi connectivity index (χ2n) is 4.34. The van der Waals surface area contributed by atoms with Crippen LogP contribution in [-0.4, -0.2) is 67.5 Å². The third kappa shape index (κ3) is 13.8. The molecule has 0 unspecified atom stereocenters. The van der Waals surface area contributed by atoms with E-state index in [1.54, 1.807) is 0 Å². The number of nitrogens with one attached hydrogen (secondary N) is 2. The molecule has 0 heterocycles. The predicted octanol–water partition coefficient (Wildman–Crippen LogP) is -1.20. The first-order valence-corrected chi connectivity index (χ1v) is 9.46. The molecule has 0 aliphatic rings. The molecule has 0 aromatic heterocycles. The quantitative estimate of drug-likeness (QED) is 0.494. The van der Waals surface area contributed by atoms with Gasteiger partial charge in [0.15, 0.2) is 0 Å². The van der Waals surface area contributed by atoms with Crippen molar-refractivity contribution in [3.8, 4) is 0 Å². The van der Waals surface area contributed by atoms with Crippen molar-refractivity contribution >= 4 is 20.0 Å². The Kier molecular flexibility index (Phi) is 7.95. The van der Waals surface area contributed by atoms with E-state index in [1.165, 1.54) is 0 Å². The molecule has 2 N–H and O–H groups in total. The Hall–Kier alpha value is -0.220. The Balaban J connectivity index is 3.52. The van der Waals surface area contributed by atoms with E-state index in [0.717, 1.165) is 38.4 Å². The van der Waals surface area contributed by atoms with Crippen LogP contribution in [-0.2, 0) is 20.0 Å². The molecule has 0 amide bonds. The Labute approximate surface area is 110 Å². The SMILES string of the molecule is CN(CCCNS(C)(=O)=O)CCCNS(C)(=O)=O. The highest BCUT2D eigenvalue weighted by Crippen LogP contribution is 1.90. The molecule has 0 aromatic rings. The summed E-state index contributed by atoms with van der Waals surface area (Å²) in [5.41, 5.74) is 0. The average Bonchev–Trinajstić information content (AvgIpc) is 2.17. The van der Waals surface area contributed by atoms with Gasteiger partial charge in [-0.25, -0.2) is 26.3 Å². The zero-order valence-electron chi connectivity index (χ0n) is 11.1. The smallest absolute Gasteiger partial charge is 0.208 e. The first-order valence-electron chi connectivity index (χ1n) is 5.68. The summed E-state index contributed by atoms with van der Waals surface area (Å²) in [5, 5.41) is 0. The van der Waals surface area contributed by atoms with Crippen LogP contribution in [0.5, 0.6) is 0 Å². The van der Waals surface area contributed by atoms with Crippen LogP contribution < -0.4 is 9.44 Å². The van der Waals surface area contributed by atoms with Crippen LogP contribution >= 0.6 is 0 Å². The van der Waals surface area contributed by atoms with Crippen molar-refractivity contribution in [2.45, 2.75) is 12.8 Å². The lowest BCUT2D eigenvalue weighted by atomic mass is 10.3. The van der Waals surface area contributed by atoms with Gasteiger partial charge in [0, 0.05) is 13.1 Å². The van der Waals surface area contributed by atoms with Crippen LogP contribution in [0.2, 0.25) is 0 Å². The molecule has 0 spiro atoms. The van der Waals surface area contributed by atoms with Crippen LogP contribution in [0, 0.1) is 0 Å². The summed E-state index contributed by atoms with van der Waals surface area (Å²) in [7, 11) is -4.29. The fraction of sp³-hybridized carbons (Fsp3) is 1.00. The first-order chi connectivity index (χ1) is 8.10. The molecule has 0 saturated heterocycles. The van der Waals surface area contributed by atoms with Crippen molar-refractivity contribution < 1.29 is 16.8 Å². The molecule has 9 heteroatoms. The topological polar surface area (TPSA) is 95.6 Å². The van der Waals surface area contributed by atoms with Crippen molar-refractivity contribution in [1.82, 2.24) is 14.3 Å². The summed E-state index contributed by atoms with van der Waals surface area (Å²) >= 11 is 0. The lowest BCUT2D eigenvalue weighted by Gasteiger charge is -2.16. The summed E-state index contributed by atoms with van der Waals surface area (Å²) in [4.78, 5) is 2.04. The minimum Gasteiger partial charge on any atom is -0.306 e. The summed E-state index contributed by atoms with van der Waals surface area (Å²) in [6.07, 6.45) is 3.72. The van der Waals surface area contributed by atoms with Gasteiger partial charge < -0.3 is 4.90 Å². The van der Waals surface area contributed by atoms with E-state index < -0.39 is 20.0 Å². The van der Waals surface area contributed by atoms with Gasteiger partial charge in [0.05, 0.1) is 12.5 Å². The van der Waals surface area contributed by atoms with E-state index in [2.05, 4.69) is 9.44 Å². The highest BCUT2D eigenvalue weighted by Gasteiger charge is 2.03. The number of sulfonamides is 2. The van der Waals surface area contributed by atoms with Gasteiger partial charge in [0.25, 0.3) is 0 Å². The molecule has 0 bridgehead atoms. The van der Waals surface area contributed by atoms with Gasteiger partial charge in [-0.15, -0.1) is 0 Å². The maximum Gasteiger partial charge on any atom is 0.208 e. The van der Waals surface area contributed by atoms with Gasteiger partial charge in [-0.3, -0.25) is 0 Å². The Bertz CT molecular complexity index is 379. The van der Waals surface area contributed by atoms with Gasteiger partial charge in [0.1, 0.15) is 0 Å². The first kappa shape index (κ1) is 17.8. The molecule has 0 aromatic carbocycles. The standard InChI is InChI=1S/C9H23N3O4S2/c1-12(8-4-6-10-17(2,13)14)9-5-7-11-18(3,15)16/h10-11H,4-9H2,1-3H3. The van der Waals surface area contributed by atoms with Gasteiger partial charge in [-0.1, -0.05) is 0 Å². The van der Waals surface area contributed by atoms with E-state index >= 15 is 0 Å². The summed E-state index contributed by atoms with van der Waals surface area (Å²) in [6.45, 7) is 2.37. The van der Waals surface area contributed by atoms with E-state index in [0.29, 0.717) is 13.1 Å². The summed E-state index contributed by atoms with van der Waals surface area (Å²) in [6, 6.07) is 0. The van der Waals surface area contributed by atoms with Crippen molar-refractivity contribution in [2.24, 2.45) is 0 Å². The molecule has 0 aliphatic carbocycles. The highest BCUT2D eigenvalue weighted by molar-refractivity contribution is 7.89. The Morgan fingerprint density at radius 1 is 0.833 bits per heavy atom. The van der Waals surface area contributed by atoms with Gasteiger partial charge in [0.2, 0.25) is 20.0 Å². The molecule has 7 nitrogen and oxygen atoms in total. The highest BCUT2D eigenvalue weighted by atomic mass is 32.2. The fourth-order valence-corrected chi connectivity index (χ4v) is 2.36. The minimum absolute atomic E-state index is 0.421. The molecule has 110 valence electrons. The molecule has 0 radical (unpaired) electrons. The van der Waals surface area contributed by atoms with E-state index in [-0.39, 0.29) is 0 Å². The summed E-state index contributed by atoms with van der Waals surface area (Å²) in [5.74, 6) is 0. The predicted molar refractivity (Wildman–Crippen MR) is 72.4 cm³/mol. The summed E-state index contributed by atoms with van der Waals surface area (Å²) < 4.78 is 48.0. The van der Waals surface area contributed by atoms with Crippen LogP contribution in [0.25, 0.3) is 0 Å².